The number of esters is 2. The van der Waals surface area contributed by atoms with Crippen LogP contribution in [-0.4, -0.2) is 29.9 Å². The third-order valence-electron chi connectivity index (χ3n) is 10.1. The van der Waals surface area contributed by atoms with Gasteiger partial charge < -0.3 is 9.47 Å². The van der Waals surface area contributed by atoms with Crippen LogP contribution in [0, 0.1) is 35.0 Å². The molecule has 0 spiro atoms. The maximum atomic E-state index is 13.9. The lowest BCUT2D eigenvalue weighted by molar-refractivity contribution is -0.153. The number of hydrogen-bond acceptors (Lipinski definition) is 5. The van der Waals surface area contributed by atoms with E-state index >= 15 is 0 Å². The highest BCUT2D eigenvalue weighted by Crippen LogP contribution is 2.59. The minimum Gasteiger partial charge on any atom is -0.461 e. The van der Waals surface area contributed by atoms with Crippen molar-refractivity contribution in [1.29, 1.82) is 0 Å². The number of carbonyl (C=O) groups is 3. The van der Waals surface area contributed by atoms with Gasteiger partial charge in [0, 0.05) is 24.2 Å². The topological polar surface area (TPSA) is 69.7 Å². The molecule has 2 heterocycles. The van der Waals surface area contributed by atoms with Gasteiger partial charge in [0.1, 0.15) is 18.0 Å². The number of allylic oxidation sites excluding steroid dienone is 4. The minimum absolute atomic E-state index is 0.0190. The first-order chi connectivity index (χ1) is 17.6. The molecule has 0 bridgehead atoms. The van der Waals surface area contributed by atoms with E-state index in [1.165, 1.54) is 16.7 Å². The molecular formula is C32H42O5. The Kier molecular flexibility index (Phi) is 7.10. The van der Waals surface area contributed by atoms with Gasteiger partial charge in [-0.2, -0.15) is 0 Å². The van der Waals surface area contributed by atoms with Crippen LogP contribution in [0.1, 0.15) is 85.0 Å². The fourth-order valence-corrected chi connectivity index (χ4v) is 8.19. The third-order valence-corrected chi connectivity index (χ3v) is 10.1. The fraction of sp³-hybridized carbons (Fsp3) is 0.656. The maximum absolute atomic E-state index is 13.9. The molecule has 8 atom stereocenters. The van der Waals surface area contributed by atoms with Gasteiger partial charge in [-0.1, -0.05) is 41.5 Å². The van der Waals surface area contributed by atoms with Gasteiger partial charge in [0.05, 0.1) is 11.3 Å². The minimum atomic E-state index is -1.01. The van der Waals surface area contributed by atoms with Gasteiger partial charge in [-0.15, -0.1) is 0 Å². The van der Waals surface area contributed by atoms with E-state index in [2.05, 4.69) is 39.2 Å². The van der Waals surface area contributed by atoms with Gasteiger partial charge in [-0.25, -0.2) is 0 Å². The zero-order valence-electron chi connectivity index (χ0n) is 22.7. The quantitative estimate of drug-likeness (QED) is 0.324. The Bertz CT molecular complexity index is 1080. The number of ether oxygens (including phenoxy) is 2. The normalized spacial score (nSPS) is 42.8. The summed E-state index contributed by atoms with van der Waals surface area (Å²) in [5.74, 6) is -0.807. The zero-order chi connectivity index (χ0) is 26.5. The van der Waals surface area contributed by atoms with Crippen LogP contribution in [0.2, 0.25) is 0 Å². The van der Waals surface area contributed by atoms with E-state index in [1.807, 2.05) is 0 Å². The summed E-state index contributed by atoms with van der Waals surface area (Å²) >= 11 is 0. The standard InChI is InChI=1S/C32H42O5/c1-18-7-6-8-19(2)15-27-24(12-9-18)25(30(34)36-27)17-32(16-22(5)33)26-14-11-20(3)23-13-10-21(4)28(23)29(26)37-31(32)35/h7,15,23-29H,3-4,6,8-14,16-17H2,1-2,5H3/b18-7-,19-15-/t23-,24-,25-,26+,27+,28-,29-,32+/m0/s1. The molecule has 0 N–H and O–H groups in total. The van der Waals surface area contributed by atoms with E-state index in [9.17, 15) is 14.4 Å². The molecule has 0 aromatic heterocycles. The van der Waals surface area contributed by atoms with E-state index in [0.29, 0.717) is 6.42 Å². The number of fused-ring (bicyclic) bond motifs is 4. The summed E-state index contributed by atoms with van der Waals surface area (Å²) in [7, 11) is 0. The van der Waals surface area contributed by atoms with Gasteiger partial charge in [-0.05, 0) is 90.6 Å². The van der Waals surface area contributed by atoms with Crippen molar-refractivity contribution >= 4 is 17.7 Å². The summed E-state index contributed by atoms with van der Waals surface area (Å²) in [4.78, 5) is 40.0. The van der Waals surface area contributed by atoms with E-state index in [-0.39, 0.29) is 60.0 Å². The van der Waals surface area contributed by atoms with Gasteiger partial charge in [0.25, 0.3) is 0 Å². The Balaban J connectivity index is 1.51. The van der Waals surface area contributed by atoms with E-state index < -0.39 is 11.3 Å². The lowest BCUT2D eigenvalue weighted by Crippen LogP contribution is -2.41. The van der Waals surface area contributed by atoms with Gasteiger partial charge in [0.15, 0.2) is 0 Å². The van der Waals surface area contributed by atoms with Crippen LogP contribution in [0.3, 0.4) is 0 Å². The molecular weight excluding hydrogens is 464 g/mol. The molecule has 0 aromatic carbocycles. The Morgan fingerprint density at radius 1 is 1.00 bits per heavy atom. The monoisotopic (exact) mass is 506 g/mol. The van der Waals surface area contributed by atoms with Crippen molar-refractivity contribution in [3.8, 4) is 0 Å². The van der Waals surface area contributed by atoms with Gasteiger partial charge >= 0.3 is 11.9 Å². The van der Waals surface area contributed by atoms with E-state index in [1.54, 1.807) is 6.92 Å². The summed E-state index contributed by atoms with van der Waals surface area (Å²) in [6.07, 6.45) is 11.4. The van der Waals surface area contributed by atoms with Crippen LogP contribution < -0.4 is 0 Å². The lowest BCUT2D eigenvalue weighted by Gasteiger charge is -2.35. The molecule has 2 saturated carbocycles. The first kappa shape index (κ1) is 26.2. The van der Waals surface area contributed by atoms with Crippen molar-refractivity contribution in [3.63, 3.8) is 0 Å². The van der Waals surface area contributed by atoms with Crippen LogP contribution in [0.25, 0.3) is 0 Å². The number of carbonyl (C=O) groups excluding carboxylic acids is 3. The van der Waals surface area contributed by atoms with Crippen LogP contribution in [-0.2, 0) is 23.9 Å². The highest BCUT2D eigenvalue weighted by atomic mass is 16.6. The Labute approximate surface area is 221 Å². The average Bonchev–Trinajstić information content (AvgIpc) is 3.39. The predicted molar refractivity (Wildman–Crippen MR) is 142 cm³/mol. The van der Waals surface area contributed by atoms with Crippen LogP contribution in [0.4, 0.5) is 0 Å². The smallest absolute Gasteiger partial charge is 0.313 e. The highest BCUT2D eigenvalue weighted by molar-refractivity contribution is 5.88. The molecule has 3 aliphatic carbocycles. The van der Waals surface area contributed by atoms with Crippen molar-refractivity contribution in [3.05, 3.63) is 47.6 Å². The maximum Gasteiger partial charge on any atom is 0.313 e. The number of Topliss-reactive ketones (excluding diaryl/α,β-unsaturated/α-hetero) is 1. The largest absolute Gasteiger partial charge is 0.461 e. The molecule has 5 heteroatoms. The summed E-state index contributed by atoms with van der Waals surface area (Å²) in [6.45, 7) is 14.5. The summed E-state index contributed by atoms with van der Waals surface area (Å²) in [6, 6.07) is 0. The van der Waals surface area contributed by atoms with Crippen molar-refractivity contribution in [2.75, 3.05) is 0 Å². The third kappa shape index (κ3) is 4.68. The number of ketones is 1. The molecule has 4 fully saturated rings. The molecule has 0 unspecified atom stereocenters. The van der Waals surface area contributed by atoms with Crippen molar-refractivity contribution in [2.24, 2.45) is 35.0 Å². The molecule has 37 heavy (non-hydrogen) atoms. The zero-order valence-corrected chi connectivity index (χ0v) is 22.7. The molecule has 200 valence electrons. The summed E-state index contributed by atoms with van der Waals surface area (Å²) in [5, 5.41) is 0. The predicted octanol–water partition coefficient (Wildman–Crippen LogP) is 6.44. The SMILES string of the molecule is C=C1CC[C@H]2C(=C)CC[C@@H]3[C@H](OC(=O)[C@]3(CC(C)=O)C[C@@H]3C(=O)O[C@@H]4/C=C(/C)CC/C=C(/C)CC[C@@H]34)[C@@H]12. The molecule has 2 aliphatic heterocycles. The summed E-state index contributed by atoms with van der Waals surface area (Å²) < 4.78 is 12.2. The second-order valence-electron chi connectivity index (χ2n) is 12.6. The average molecular weight is 507 g/mol. The van der Waals surface area contributed by atoms with E-state index in [4.69, 9.17) is 9.47 Å². The van der Waals surface area contributed by atoms with E-state index in [0.717, 1.165) is 56.9 Å². The van der Waals surface area contributed by atoms with Gasteiger partial charge in [-0.3, -0.25) is 14.4 Å². The second kappa shape index (κ2) is 10.0. The molecule has 0 radical (unpaired) electrons. The fourth-order valence-electron chi connectivity index (χ4n) is 8.19. The first-order valence-electron chi connectivity index (χ1n) is 14.2. The molecule has 5 aliphatic rings. The lowest BCUT2D eigenvalue weighted by atomic mass is 9.62. The molecule has 5 nitrogen and oxygen atoms in total. The Morgan fingerprint density at radius 3 is 2.51 bits per heavy atom. The molecule has 5 rings (SSSR count). The molecule has 0 amide bonds. The Hall–Kier alpha value is -2.43. The van der Waals surface area contributed by atoms with Crippen molar-refractivity contribution < 1.29 is 23.9 Å². The second-order valence-corrected chi connectivity index (χ2v) is 12.6. The highest BCUT2D eigenvalue weighted by Gasteiger charge is 2.63. The number of rotatable bonds is 4. The molecule has 2 saturated heterocycles. The Morgan fingerprint density at radius 2 is 1.76 bits per heavy atom. The van der Waals surface area contributed by atoms with Crippen molar-refractivity contribution in [2.45, 2.75) is 97.2 Å². The number of hydrogen-bond donors (Lipinski definition) is 0. The van der Waals surface area contributed by atoms with Crippen LogP contribution in [0.15, 0.2) is 47.6 Å². The summed E-state index contributed by atoms with van der Waals surface area (Å²) in [5.41, 5.74) is 3.89. The van der Waals surface area contributed by atoms with Crippen LogP contribution >= 0.6 is 0 Å². The van der Waals surface area contributed by atoms with Crippen molar-refractivity contribution in [1.82, 2.24) is 0 Å². The van der Waals surface area contributed by atoms with Gasteiger partial charge in [0.2, 0.25) is 0 Å². The van der Waals surface area contributed by atoms with Crippen LogP contribution in [0.5, 0.6) is 0 Å². The molecule has 0 aromatic rings. The first-order valence-corrected chi connectivity index (χ1v) is 14.2.